The average molecular weight is 295 g/mol. The number of rotatable bonds is 5. The van der Waals surface area contributed by atoms with Crippen molar-refractivity contribution >= 4 is 17.3 Å². The van der Waals surface area contributed by atoms with Crippen LogP contribution in [0.25, 0.3) is 0 Å². The van der Waals surface area contributed by atoms with Crippen LogP contribution in [0, 0.1) is 17.5 Å². The molecule has 112 valence electrons. The Morgan fingerprint density at radius 3 is 2.57 bits per heavy atom. The Morgan fingerprint density at radius 2 is 1.90 bits per heavy atom. The van der Waals surface area contributed by atoms with E-state index in [2.05, 4.69) is 10.3 Å². The van der Waals surface area contributed by atoms with Gasteiger partial charge in [-0.1, -0.05) is 13.0 Å². The third-order valence-electron chi connectivity index (χ3n) is 2.97. The highest BCUT2D eigenvalue weighted by Crippen LogP contribution is 2.27. The van der Waals surface area contributed by atoms with E-state index in [0.29, 0.717) is 12.2 Å². The molecule has 0 aliphatic heterocycles. The van der Waals surface area contributed by atoms with Gasteiger partial charge in [0.2, 0.25) is 0 Å². The molecule has 0 unspecified atom stereocenters. The van der Waals surface area contributed by atoms with E-state index in [0.717, 1.165) is 12.5 Å². The van der Waals surface area contributed by atoms with Crippen LogP contribution in [0.15, 0.2) is 30.3 Å². The second-order valence-corrected chi connectivity index (χ2v) is 4.59. The molecule has 21 heavy (non-hydrogen) atoms. The van der Waals surface area contributed by atoms with Gasteiger partial charge in [0.05, 0.1) is 0 Å². The maximum absolute atomic E-state index is 13.9. The Morgan fingerprint density at radius 1 is 1.14 bits per heavy atom. The fourth-order valence-corrected chi connectivity index (χ4v) is 1.87. The van der Waals surface area contributed by atoms with Crippen molar-refractivity contribution in [2.75, 3.05) is 23.8 Å². The molecule has 0 saturated heterocycles. The van der Waals surface area contributed by atoms with Crippen LogP contribution in [0.1, 0.15) is 13.3 Å². The Hall–Kier alpha value is -2.24. The highest BCUT2D eigenvalue weighted by Gasteiger charge is 2.16. The molecule has 0 spiro atoms. The summed E-state index contributed by atoms with van der Waals surface area (Å²) in [7, 11) is 1.54. The van der Waals surface area contributed by atoms with Crippen molar-refractivity contribution in [3.05, 3.63) is 47.8 Å². The topological polar surface area (TPSA) is 28.2 Å². The van der Waals surface area contributed by atoms with E-state index in [-0.39, 0.29) is 11.6 Å². The lowest BCUT2D eigenvalue weighted by Crippen LogP contribution is -2.15. The number of halogens is 3. The van der Waals surface area contributed by atoms with Gasteiger partial charge in [0, 0.05) is 25.3 Å². The van der Waals surface area contributed by atoms with E-state index >= 15 is 0 Å². The summed E-state index contributed by atoms with van der Waals surface area (Å²) in [5.74, 6) is -2.08. The summed E-state index contributed by atoms with van der Waals surface area (Å²) < 4.78 is 40.8. The predicted octanol–water partition coefficient (Wildman–Crippen LogP) is 4.09. The van der Waals surface area contributed by atoms with Crippen molar-refractivity contribution < 1.29 is 13.2 Å². The van der Waals surface area contributed by atoms with Gasteiger partial charge in [-0.15, -0.1) is 0 Å². The monoisotopic (exact) mass is 295 g/mol. The molecule has 6 heteroatoms. The number of anilines is 3. The molecule has 0 bridgehead atoms. The van der Waals surface area contributed by atoms with Crippen molar-refractivity contribution in [2.45, 2.75) is 13.3 Å². The Kier molecular flexibility index (Phi) is 4.67. The number of pyridine rings is 1. The van der Waals surface area contributed by atoms with Crippen LogP contribution in [0.2, 0.25) is 0 Å². The molecule has 2 aromatic rings. The van der Waals surface area contributed by atoms with E-state index in [9.17, 15) is 13.2 Å². The minimum Gasteiger partial charge on any atom is -0.368 e. The summed E-state index contributed by atoms with van der Waals surface area (Å²) in [5.41, 5.74) is 0.425. The van der Waals surface area contributed by atoms with Gasteiger partial charge in [-0.25, -0.2) is 18.2 Å². The molecule has 1 N–H and O–H groups in total. The summed E-state index contributed by atoms with van der Waals surface area (Å²) in [4.78, 5) is 5.33. The molecule has 1 aromatic heterocycles. The van der Waals surface area contributed by atoms with Crippen LogP contribution in [-0.2, 0) is 0 Å². The maximum atomic E-state index is 13.9. The van der Waals surface area contributed by atoms with Crippen LogP contribution >= 0.6 is 0 Å². The lowest BCUT2D eigenvalue weighted by molar-refractivity contribution is 0.575. The van der Waals surface area contributed by atoms with Crippen molar-refractivity contribution in [2.24, 2.45) is 0 Å². The Labute approximate surface area is 121 Å². The molecule has 0 aliphatic carbocycles. The van der Waals surface area contributed by atoms with E-state index in [1.165, 1.54) is 23.1 Å². The van der Waals surface area contributed by atoms with Crippen molar-refractivity contribution in [1.82, 2.24) is 4.98 Å². The quantitative estimate of drug-likeness (QED) is 0.900. The third kappa shape index (κ3) is 3.45. The van der Waals surface area contributed by atoms with Crippen LogP contribution in [0.5, 0.6) is 0 Å². The summed E-state index contributed by atoms with van der Waals surface area (Å²) >= 11 is 0. The minimum atomic E-state index is -0.804. The lowest BCUT2D eigenvalue weighted by atomic mass is 10.2. The second kappa shape index (κ2) is 6.47. The number of hydrogen-bond donors (Lipinski definition) is 1. The first kappa shape index (κ1) is 15.2. The van der Waals surface area contributed by atoms with Gasteiger partial charge in [0.1, 0.15) is 5.82 Å². The minimum absolute atomic E-state index is 0.0171. The molecule has 0 radical (unpaired) electrons. The van der Waals surface area contributed by atoms with Crippen molar-refractivity contribution in [3.8, 4) is 0 Å². The fourth-order valence-electron chi connectivity index (χ4n) is 1.87. The zero-order chi connectivity index (χ0) is 15.4. The molecule has 2 rings (SSSR count). The van der Waals surface area contributed by atoms with Gasteiger partial charge in [0.15, 0.2) is 23.3 Å². The highest BCUT2D eigenvalue weighted by atomic mass is 19.1. The van der Waals surface area contributed by atoms with Crippen molar-refractivity contribution in [3.63, 3.8) is 0 Å². The molecule has 0 fully saturated rings. The fraction of sp³-hybridized carbons (Fsp3) is 0.267. The van der Waals surface area contributed by atoms with Gasteiger partial charge in [-0.05, 0) is 24.6 Å². The van der Waals surface area contributed by atoms with Gasteiger partial charge in [-0.3, -0.25) is 0 Å². The SMILES string of the molecule is CCCNc1nc(N(C)c2cccc(F)c2)c(F)cc1F. The molecule has 1 heterocycles. The van der Waals surface area contributed by atoms with Gasteiger partial charge >= 0.3 is 0 Å². The molecular formula is C15H16F3N3. The molecule has 3 nitrogen and oxygen atoms in total. The highest BCUT2D eigenvalue weighted by molar-refractivity contribution is 5.61. The molecule has 1 aromatic carbocycles. The molecule has 0 saturated carbocycles. The Balaban J connectivity index is 2.38. The van der Waals surface area contributed by atoms with Crippen LogP contribution in [0.4, 0.5) is 30.5 Å². The average Bonchev–Trinajstić information content (AvgIpc) is 2.46. The van der Waals surface area contributed by atoms with Crippen LogP contribution in [0.3, 0.4) is 0 Å². The summed E-state index contributed by atoms with van der Waals surface area (Å²) in [6.45, 7) is 2.45. The summed E-state index contributed by atoms with van der Waals surface area (Å²) in [6.07, 6.45) is 0.785. The lowest BCUT2D eigenvalue weighted by Gasteiger charge is -2.20. The van der Waals surface area contributed by atoms with E-state index in [1.54, 1.807) is 13.1 Å². The van der Waals surface area contributed by atoms with Gasteiger partial charge in [0.25, 0.3) is 0 Å². The van der Waals surface area contributed by atoms with E-state index in [1.807, 2.05) is 6.92 Å². The first-order chi connectivity index (χ1) is 10.0. The number of hydrogen-bond acceptors (Lipinski definition) is 3. The van der Waals surface area contributed by atoms with Gasteiger partial charge < -0.3 is 10.2 Å². The summed E-state index contributed by atoms with van der Waals surface area (Å²) in [5, 5.41) is 2.79. The Bertz CT molecular complexity index is 632. The third-order valence-corrected chi connectivity index (χ3v) is 2.97. The van der Waals surface area contributed by atoms with Crippen LogP contribution < -0.4 is 10.2 Å². The number of nitrogens with one attached hydrogen (secondary N) is 1. The largest absolute Gasteiger partial charge is 0.368 e. The standard InChI is InChI=1S/C15H16F3N3/c1-3-7-19-14-12(17)9-13(18)15(20-14)21(2)11-6-4-5-10(16)8-11/h4-6,8-9H,3,7H2,1-2H3,(H,19,20). The number of nitrogens with zero attached hydrogens (tertiary/aromatic N) is 2. The number of aromatic nitrogens is 1. The normalized spacial score (nSPS) is 10.5. The smallest absolute Gasteiger partial charge is 0.171 e. The first-order valence-electron chi connectivity index (χ1n) is 6.62. The van der Waals surface area contributed by atoms with E-state index < -0.39 is 17.5 Å². The molecular weight excluding hydrogens is 279 g/mol. The summed E-state index contributed by atoms with van der Waals surface area (Å²) in [6, 6.07) is 6.45. The second-order valence-electron chi connectivity index (χ2n) is 4.59. The van der Waals surface area contributed by atoms with Crippen molar-refractivity contribution in [1.29, 1.82) is 0 Å². The predicted molar refractivity (Wildman–Crippen MR) is 77.4 cm³/mol. The molecule has 0 aliphatic rings. The first-order valence-corrected chi connectivity index (χ1v) is 6.62. The molecule has 0 atom stereocenters. The zero-order valence-corrected chi connectivity index (χ0v) is 11.8. The molecule has 0 amide bonds. The van der Waals surface area contributed by atoms with Gasteiger partial charge in [-0.2, -0.15) is 0 Å². The van der Waals surface area contributed by atoms with Crippen LogP contribution in [-0.4, -0.2) is 18.6 Å². The number of benzene rings is 1. The van der Waals surface area contributed by atoms with E-state index in [4.69, 9.17) is 0 Å². The maximum Gasteiger partial charge on any atom is 0.171 e. The zero-order valence-electron chi connectivity index (χ0n) is 11.8.